The van der Waals surface area contributed by atoms with Gasteiger partial charge in [0.2, 0.25) is 0 Å². The predicted octanol–water partition coefficient (Wildman–Crippen LogP) is 3.21. The molecule has 1 aromatic carbocycles. The van der Waals surface area contributed by atoms with Crippen molar-refractivity contribution >= 4 is 11.8 Å². The lowest BCUT2D eigenvalue weighted by molar-refractivity contribution is 0.126. The Hall–Kier alpha value is -0.910. The third-order valence-corrected chi connectivity index (χ3v) is 3.39. The molecule has 0 saturated carbocycles. The van der Waals surface area contributed by atoms with Crippen LogP contribution in [-0.2, 0) is 4.74 Å². The van der Waals surface area contributed by atoms with Crippen molar-refractivity contribution in [1.82, 2.24) is 0 Å². The van der Waals surface area contributed by atoms with Gasteiger partial charge in [-0.2, -0.15) is 0 Å². The summed E-state index contributed by atoms with van der Waals surface area (Å²) >= 11 is 1.75. The molecule has 1 rings (SSSR count). The molecule has 15 heavy (non-hydrogen) atoms. The summed E-state index contributed by atoms with van der Waals surface area (Å²) < 4.78 is 5.31. The summed E-state index contributed by atoms with van der Waals surface area (Å²) in [5, 5.41) is 0.197. The smallest absolute Gasteiger partial charge is 0.0962 e. The molecule has 0 aliphatic heterocycles. The normalized spacial score (nSPS) is 13.8. The van der Waals surface area contributed by atoms with Gasteiger partial charge in [0.25, 0.3) is 0 Å². The van der Waals surface area contributed by atoms with E-state index in [1.807, 2.05) is 32.0 Å². The summed E-state index contributed by atoms with van der Waals surface area (Å²) in [6.45, 7) is 3.91. The molecule has 0 aliphatic carbocycles. The average molecular weight is 220 g/mol. The molecule has 0 spiro atoms. The van der Waals surface area contributed by atoms with Crippen LogP contribution >= 0.6 is 11.8 Å². The fourth-order valence-electron chi connectivity index (χ4n) is 1.15. The Bertz CT molecular complexity index is 337. The van der Waals surface area contributed by atoms with E-state index in [0.717, 1.165) is 0 Å². The fourth-order valence-corrected chi connectivity index (χ4v) is 2.24. The Morgan fingerprint density at radius 3 is 2.47 bits per heavy atom. The zero-order chi connectivity index (χ0) is 11.1. The van der Waals surface area contributed by atoms with E-state index in [1.54, 1.807) is 18.9 Å². The Morgan fingerprint density at radius 1 is 1.27 bits per heavy atom. The van der Waals surface area contributed by atoms with E-state index < -0.39 is 0 Å². The highest BCUT2D eigenvalue weighted by Gasteiger charge is 2.15. The summed E-state index contributed by atoms with van der Waals surface area (Å²) in [5.74, 6) is 6.12. The minimum atomic E-state index is 0.141. The number of ether oxygens (including phenoxy) is 1. The van der Waals surface area contributed by atoms with Gasteiger partial charge in [-0.1, -0.05) is 24.1 Å². The first kappa shape index (κ1) is 12.2. The number of hydrogen-bond acceptors (Lipinski definition) is 2. The molecule has 0 amide bonds. The van der Waals surface area contributed by atoms with Crippen molar-refractivity contribution in [2.45, 2.75) is 30.1 Å². The van der Waals surface area contributed by atoms with Gasteiger partial charge in [-0.15, -0.1) is 17.7 Å². The Morgan fingerprint density at radius 2 is 1.93 bits per heavy atom. The Labute approximate surface area is 96.2 Å². The van der Waals surface area contributed by atoms with Crippen LogP contribution in [0.4, 0.5) is 0 Å². The summed E-state index contributed by atoms with van der Waals surface area (Å²) in [4.78, 5) is 1.23. The molecule has 0 bridgehead atoms. The zero-order valence-corrected chi connectivity index (χ0v) is 10.2. The minimum Gasteiger partial charge on any atom is -0.380 e. The second-order valence-corrected chi connectivity index (χ2v) is 4.40. The van der Waals surface area contributed by atoms with Gasteiger partial charge in [0, 0.05) is 12.0 Å². The molecule has 2 unspecified atom stereocenters. The van der Waals surface area contributed by atoms with E-state index in [2.05, 4.69) is 24.0 Å². The number of rotatable bonds is 4. The highest BCUT2D eigenvalue weighted by molar-refractivity contribution is 8.00. The highest BCUT2D eigenvalue weighted by atomic mass is 32.2. The van der Waals surface area contributed by atoms with Crippen LogP contribution in [0.3, 0.4) is 0 Å². The molecule has 2 atom stereocenters. The molecule has 0 aromatic heterocycles. The first-order valence-corrected chi connectivity index (χ1v) is 5.82. The van der Waals surface area contributed by atoms with Gasteiger partial charge in [0.15, 0.2) is 0 Å². The van der Waals surface area contributed by atoms with Gasteiger partial charge in [-0.05, 0) is 26.0 Å². The average Bonchev–Trinajstić information content (AvgIpc) is 2.29. The van der Waals surface area contributed by atoms with E-state index in [0.29, 0.717) is 0 Å². The van der Waals surface area contributed by atoms with Crippen LogP contribution < -0.4 is 0 Å². The van der Waals surface area contributed by atoms with Crippen molar-refractivity contribution in [3.8, 4) is 11.8 Å². The van der Waals surface area contributed by atoms with E-state index in [9.17, 15) is 0 Å². The first-order valence-electron chi connectivity index (χ1n) is 4.94. The molecule has 80 valence electrons. The molecule has 0 heterocycles. The molecule has 2 heteroatoms. The van der Waals surface area contributed by atoms with Crippen LogP contribution in [0.15, 0.2) is 35.2 Å². The van der Waals surface area contributed by atoms with Gasteiger partial charge in [0.1, 0.15) is 0 Å². The highest BCUT2D eigenvalue weighted by Crippen LogP contribution is 2.25. The van der Waals surface area contributed by atoms with Crippen LogP contribution in [0.25, 0.3) is 0 Å². The number of thioether (sulfide) groups is 1. The lowest BCUT2D eigenvalue weighted by atomic mass is 10.3. The number of methoxy groups -OCH3 is 1. The van der Waals surface area contributed by atoms with Gasteiger partial charge < -0.3 is 4.74 Å². The number of hydrogen-bond donors (Lipinski definition) is 0. The SMILES string of the molecule is CC#CC(Sc1ccccc1)C(C)OC. The van der Waals surface area contributed by atoms with Crippen molar-refractivity contribution < 1.29 is 4.74 Å². The minimum absolute atomic E-state index is 0.141. The van der Waals surface area contributed by atoms with Crippen molar-refractivity contribution in [1.29, 1.82) is 0 Å². The second kappa shape index (κ2) is 6.55. The van der Waals surface area contributed by atoms with E-state index >= 15 is 0 Å². The third-order valence-electron chi connectivity index (χ3n) is 2.09. The molecule has 0 saturated heterocycles. The third kappa shape index (κ3) is 3.99. The maximum atomic E-state index is 5.31. The Kier molecular flexibility index (Phi) is 5.31. The second-order valence-electron chi connectivity index (χ2n) is 3.19. The lowest BCUT2D eigenvalue weighted by Gasteiger charge is -2.16. The topological polar surface area (TPSA) is 9.23 Å². The maximum absolute atomic E-state index is 5.31. The van der Waals surface area contributed by atoms with Crippen LogP contribution in [0.5, 0.6) is 0 Å². The summed E-state index contributed by atoms with van der Waals surface area (Å²) in [7, 11) is 1.72. The van der Waals surface area contributed by atoms with Gasteiger partial charge in [-0.25, -0.2) is 0 Å². The zero-order valence-electron chi connectivity index (χ0n) is 9.36. The first-order chi connectivity index (χ1) is 7.27. The fraction of sp³-hybridized carbons (Fsp3) is 0.385. The maximum Gasteiger partial charge on any atom is 0.0962 e. The van der Waals surface area contributed by atoms with Crippen molar-refractivity contribution in [3.05, 3.63) is 30.3 Å². The molecular weight excluding hydrogens is 204 g/mol. The monoisotopic (exact) mass is 220 g/mol. The van der Waals surface area contributed by atoms with E-state index in [1.165, 1.54) is 4.90 Å². The predicted molar refractivity (Wildman–Crippen MR) is 66.0 cm³/mol. The van der Waals surface area contributed by atoms with Gasteiger partial charge in [0.05, 0.1) is 11.4 Å². The van der Waals surface area contributed by atoms with Crippen LogP contribution in [0.2, 0.25) is 0 Å². The summed E-state index contributed by atoms with van der Waals surface area (Å²) in [5.41, 5.74) is 0. The van der Waals surface area contributed by atoms with Crippen molar-refractivity contribution in [2.75, 3.05) is 7.11 Å². The van der Waals surface area contributed by atoms with Crippen LogP contribution in [0.1, 0.15) is 13.8 Å². The quantitative estimate of drug-likeness (QED) is 0.569. The summed E-state index contributed by atoms with van der Waals surface area (Å²) in [6, 6.07) is 10.3. The molecule has 1 nitrogen and oxygen atoms in total. The molecule has 1 aromatic rings. The van der Waals surface area contributed by atoms with E-state index in [4.69, 9.17) is 4.74 Å². The lowest BCUT2D eigenvalue weighted by Crippen LogP contribution is -2.20. The van der Waals surface area contributed by atoms with Gasteiger partial charge >= 0.3 is 0 Å². The van der Waals surface area contributed by atoms with Crippen LogP contribution in [0, 0.1) is 11.8 Å². The van der Waals surface area contributed by atoms with Crippen molar-refractivity contribution in [3.63, 3.8) is 0 Å². The molecule has 0 fully saturated rings. The van der Waals surface area contributed by atoms with Crippen LogP contribution in [-0.4, -0.2) is 18.5 Å². The molecule has 0 N–H and O–H groups in total. The molecular formula is C13H16OS. The summed E-state index contributed by atoms with van der Waals surface area (Å²) in [6.07, 6.45) is 0.141. The molecule has 0 aliphatic rings. The standard InChI is InChI=1S/C13H16OS/c1-4-8-13(11(2)14-3)15-12-9-6-5-7-10-12/h5-7,9-11,13H,1-3H3. The Balaban J connectivity index is 2.70. The van der Waals surface area contributed by atoms with Gasteiger partial charge in [-0.3, -0.25) is 0 Å². The van der Waals surface area contributed by atoms with E-state index in [-0.39, 0.29) is 11.4 Å². The molecule has 0 radical (unpaired) electrons. The van der Waals surface area contributed by atoms with Crippen molar-refractivity contribution in [2.24, 2.45) is 0 Å². The largest absolute Gasteiger partial charge is 0.380 e. The number of benzene rings is 1.